The first kappa shape index (κ1) is 19.3. The minimum Gasteiger partial charge on any atom is -0.481 e. The molecule has 0 amide bonds. The van der Waals surface area contributed by atoms with Crippen LogP contribution in [0.3, 0.4) is 0 Å². The number of benzene rings is 2. The topological polar surface area (TPSA) is 74.7 Å². The maximum atomic E-state index is 13.1. The Balaban J connectivity index is 2.59. The van der Waals surface area contributed by atoms with Gasteiger partial charge in [-0.2, -0.15) is 0 Å². The van der Waals surface area contributed by atoms with Gasteiger partial charge in [0.2, 0.25) is 0 Å². The summed E-state index contributed by atoms with van der Waals surface area (Å²) in [6.45, 7) is -0.222. The number of aliphatic carboxylic acids is 1. The second-order valence-electron chi connectivity index (χ2n) is 4.75. The van der Waals surface area contributed by atoms with Crippen LogP contribution in [0.2, 0.25) is 10.0 Å². The van der Waals surface area contributed by atoms with Crippen molar-refractivity contribution in [2.45, 2.75) is 11.3 Å². The quantitative estimate of drug-likeness (QED) is 0.602. The lowest BCUT2D eigenvalue weighted by Crippen LogP contribution is -2.34. The van der Waals surface area contributed by atoms with Crippen molar-refractivity contribution in [1.82, 2.24) is 0 Å². The molecule has 0 atom stereocenters. The number of nitrogens with zero attached hydrogens (tertiary/aromatic N) is 1. The van der Waals surface area contributed by atoms with Crippen molar-refractivity contribution in [3.8, 4) is 0 Å². The van der Waals surface area contributed by atoms with Gasteiger partial charge in [0.15, 0.2) is 0 Å². The molecule has 0 radical (unpaired) electrons. The van der Waals surface area contributed by atoms with E-state index in [0.717, 1.165) is 4.31 Å². The van der Waals surface area contributed by atoms with Crippen molar-refractivity contribution >= 4 is 67.5 Å². The predicted octanol–water partition coefficient (Wildman–Crippen LogP) is 4.27. The summed E-state index contributed by atoms with van der Waals surface area (Å²) in [5, 5.41) is 9.18. The number of halogens is 3. The van der Waals surface area contributed by atoms with Gasteiger partial charge in [-0.1, -0.05) is 35.3 Å². The van der Waals surface area contributed by atoms with E-state index in [1.54, 1.807) is 24.3 Å². The molecule has 24 heavy (non-hydrogen) atoms. The van der Waals surface area contributed by atoms with Crippen LogP contribution in [0.5, 0.6) is 0 Å². The molecule has 0 unspecified atom stereocenters. The molecule has 2 aromatic carbocycles. The van der Waals surface area contributed by atoms with Crippen molar-refractivity contribution in [2.24, 2.45) is 0 Å². The maximum Gasteiger partial charge on any atom is 0.305 e. The third kappa shape index (κ3) is 4.33. The fourth-order valence-electron chi connectivity index (χ4n) is 2.01. The number of carbonyl (C=O) groups is 1. The number of rotatable bonds is 6. The van der Waals surface area contributed by atoms with Crippen LogP contribution in [-0.2, 0) is 14.8 Å². The van der Waals surface area contributed by atoms with Gasteiger partial charge in [-0.25, -0.2) is 8.42 Å². The standard InChI is InChI=1S/C15H12Cl2INO4S/c16-10-5-6-11(17)14(9-10)24(22,23)19(8-7-15(20)21)13-4-2-1-3-12(13)18/h1-6,9H,7-8H2,(H,20,21). The smallest absolute Gasteiger partial charge is 0.305 e. The van der Waals surface area contributed by atoms with E-state index in [0.29, 0.717) is 9.26 Å². The average molecular weight is 500 g/mol. The Morgan fingerprint density at radius 2 is 1.83 bits per heavy atom. The van der Waals surface area contributed by atoms with E-state index >= 15 is 0 Å². The Bertz CT molecular complexity index is 874. The van der Waals surface area contributed by atoms with Crippen molar-refractivity contribution in [1.29, 1.82) is 0 Å². The molecule has 0 aromatic heterocycles. The van der Waals surface area contributed by atoms with Crippen molar-refractivity contribution in [2.75, 3.05) is 10.8 Å². The molecule has 5 nitrogen and oxygen atoms in total. The monoisotopic (exact) mass is 499 g/mol. The summed E-state index contributed by atoms with van der Waals surface area (Å²) in [6, 6.07) is 10.9. The van der Waals surface area contributed by atoms with Crippen LogP contribution >= 0.6 is 45.8 Å². The van der Waals surface area contributed by atoms with Crippen LogP contribution in [0.25, 0.3) is 0 Å². The van der Waals surface area contributed by atoms with E-state index in [-0.39, 0.29) is 27.9 Å². The highest BCUT2D eigenvalue weighted by Crippen LogP contribution is 2.32. The third-order valence-electron chi connectivity index (χ3n) is 3.11. The average Bonchev–Trinajstić information content (AvgIpc) is 2.51. The second kappa shape index (κ2) is 7.90. The van der Waals surface area contributed by atoms with Crippen molar-refractivity contribution in [3.63, 3.8) is 0 Å². The maximum absolute atomic E-state index is 13.1. The molecule has 1 N–H and O–H groups in total. The molecule has 0 saturated heterocycles. The van der Waals surface area contributed by atoms with Gasteiger partial charge < -0.3 is 5.11 Å². The summed E-state index contributed by atoms with van der Waals surface area (Å²) >= 11 is 13.9. The normalized spacial score (nSPS) is 11.3. The molecule has 2 rings (SSSR count). The van der Waals surface area contributed by atoms with E-state index < -0.39 is 16.0 Å². The van der Waals surface area contributed by atoms with Crippen LogP contribution < -0.4 is 4.31 Å². The van der Waals surface area contributed by atoms with Crippen molar-refractivity contribution in [3.05, 3.63) is 56.1 Å². The molecule has 2 aromatic rings. The number of carboxylic acids is 1. The van der Waals surface area contributed by atoms with E-state index in [1.165, 1.54) is 18.2 Å². The zero-order valence-electron chi connectivity index (χ0n) is 12.1. The van der Waals surface area contributed by atoms with Gasteiger partial charge in [0.1, 0.15) is 4.90 Å². The number of carboxylic acid groups (broad SMARTS) is 1. The van der Waals surface area contributed by atoms with E-state index in [9.17, 15) is 13.2 Å². The summed E-state index contributed by atoms with van der Waals surface area (Å²) in [7, 11) is -4.08. The highest BCUT2D eigenvalue weighted by atomic mass is 127. The van der Waals surface area contributed by atoms with Gasteiger partial charge in [0, 0.05) is 15.1 Å². The summed E-state index contributed by atoms with van der Waals surface area (Å²) in [5.74, 6) is -1.10. The highest BCUT2D eigenvalue weighted by molar-refractivity contribution is 14.1. The number of sulfonamides is 1. The summed E-state index contributed by atoms with van der Waals surface area (Å²) in [6.07, 6.45) is -0.345. The molecule has 128 valence electrons. The van der Waals surface area contributed by atoms with E-state index in [1.807, 2.05) is 22.6 Å². The molecule has 0 fully saturated rings. The number of anilines is 1. The number of para-hydroxylation sites is 1. The first-order valence-corrected chi connectivity index (χ1v) is 9.95. The predicted molar refractivity (Wildman–Crippen MR) is 102 cm³/mol. The minimum atomic E-state index is -4.08. The Morgan fingerprint density at radius 3 is 2.46 bits per heavy atom. The van der Waals surface area contributed by atoms with Crippen LogP contribution in [0, 0.1) is 3.57 Å². The Labute approximate surface area is 163 Å². The Morgan fingerprint density at radius 1 is 1.17 bits per heavy atom. The minimum absolute atomic E-state index is 0.0191. The third-order valence-corrected chi connectivity index (χ3v) is 6.55. The molecule has 0 bridgehead atoms. The molecular formula is C15H12Cl2INO4S. The van der Waals surface area contributed by atoms with Gasteiger partial charge in [-0.15, -0.1) is 0 Å². The molecular weight excluding hydrogens is 488 g/mol. The van der Waals surface area contributed by atoms with Crippen LogP contribution in [0.4, 0.5) is 5.69 Å². The molecule has 0 aliphatic rings. The first-order chi connectivity index (χ1) is 11.2. The number of hydrogen-bond donors (Lipinski definition) is 1. The molecule has 0 saturated carbocycles. The Hall–Kier alpha value is -1.03. The van der Waals surface area contributed by atoms with E-state index in [4.69, 9.17) is 28.3 Å². The molecule has 9 heteroatoms. The van der Waals surface area contributed by atoms with Crippen LogP contribution in [0.15, 0.2) is 47.4 Å². The van der Waals surface area contributed by atoms with Crippen LogP contribution in [0.1, 0.15) is 6.42 Å². The summed E-state index contributed by atoms with van der Waals surface area (Å²) < 4.78 is 27.8. The zero-order valence-corrected chi connectivity index (χ0v) is 16.6. The van der Waals surface area contributed by atoms with Gasteiger partial charge >= 0.3 is 5.97 Å². The highest BCUT2D eigenvalue weighted by Gasteiger charge is 2.29. The molecule has 0 heterocycles. The molecule has 0 spiro atoms. The summed E-state index contributed by atoms with van der Waals surface area (Å²) in [4.78, 5) is 10.8. The zero-order chi connectivity index (χ0) is 17.9. The second-order valence-corrected chi connectivity index (χ2v) is 8.58. The van der Waals surface area contributed by atoms with Gasteiger partial charge in [0.05, 0.1) is 17.1 Å². The van der Waals surface area contributed by atoms with Gasteiger partial charge in [0.25, 0.3) is 10.0 Å². The molecule has 0 aliphatic carbocycles. The largest absolute Gasteiger partial charge is 0.481 e. The summed E-state index contributed by atoms with van der Waals surface area (Å²) in [5.41, 5.74) is 0.385. The van der Waals surface area contributed by atoms with Gasteiger partial charge in [-0.3, -0.25) is 9.10 Å². The fourth-order valence-corrected chi connectivity index (χ4v) is 5.08. The fraction of sp³-hybridized carbons (Fsp3) is 0.133. The lowest BCUT2D eigenvalue weighted by Gasteiger charge is -2.25. The number of hydrogen-bond acceptors (Lipinski definition) is 3. The SMILES string of the molecule is O=C(O)CCN(c1ccccc1I)S(=O)(=O)c1cc(Cl)ccc1Cl. The first-order valence-electron chi connectivity index (χ1n) is 6.67. The lowest BCUT2D eigenvalue weighted by molar-refractivity contribution is -0.136. The van der Waals surface area contributed by atoms with Crippen LogP contribution in [-0.4, -0.2) is 26.0 Å². The Kier molecular flexibility index (Phi) is 6.35. The van der Waals surface area contributed by atoms with Gasteiger partial charge in [-0.05, 0) is 52.9 Å². The van der Waals surface area contributed by atoms with Crippen molar-refractivity contribution < 1.29 is 18.3 Å². The molecule has 0 aliphatic heterocycles. The lowest BCUT2D eigenvalue weighted by atomic mass is 10.3. The van der Waals surface area contributed by atoms with E-state index in [2.05, 4.69) is 0 Å².